The van der Waals surface area contributed by atoms with Crippen molar-refractivity contribution in [2.24, 2.45) is 0 Å². The number of hydrogen-bond donors (Lipinski definition) is 2. The smallest absolute Gasteiger partial charge is 0.231 e. The first-order chi connectivity index (χ1) is 14.1. The Balaban J connectivity index is 1.26. The number of anilines is 1. The summed E-state index contributed by atoms with van der Waals surface area (Å²) < 4.78 is 12.5. The molecule has 1 amide bonds. The molecule has 2 aromatic heterocycles. The Morgan fingerprint density at radius 1 is 1.10 bits per heavy atom. The average Bonchev–Trinajstić information content (AvgIpc) is 3.32. The quantitative estimate of drug-likeness (QED) is 0.589. The van der Waals surface area contributed by atoms with Gasteiger partial charge in [0.2, 0.25) is 12.7 Å². The molecule has 1 aliphatic rings. The zero-order chi connectivity index (χ0) is 20.2. The van der Waals surface area contributed by atoms with E-state index in [0.29, 0.717) is 30.4 Å². The Morgan fingerprint density at radius 3 is 2.79 bits per heavy atom. The number of aryl methyl sites for hydroxylation is 1. The van der Waals surface area contributed by atoms with Crippen LogP contribution in [0.15, 0.2) is 36.9 Å². The van der Waals surface area contributed by atoms with Crippen LogP contribution in [0.25, 0.3) is 5.82 Å². The molecule has 0 saturated heterocycles. The molecular formula is C20H22N6O3. The van der Waals surface area contributed by atoms with E-state index in [1.165, 1.54) is 6.33 Å². The minimum atomic E-state index is -0.0569. The molecule has 9 heteroatoms. The average molecular weight is 394 g/mol. The summed E-state index contributed by atoms with van der Waals surface area (Å²) in [4.78, 5) is 25.0. The van der Waals surface area contributed by atoms with Crippen molar-refractivity contribution in [1.82, 2.24) is 24.8 Å². The molecule has 1 aliphatic heterocycles. The maximum absolute atomic E-state index is 12.2. The van der Waals surface area contributed by atoms with Crippen LogP contribution in [0.3, 0.4) is 0 Å². The molecular weight excluding hydrogens is 372 g/mol. The fourth-order valence-corrected chi connectivity index (χ4v) is 3.00. The van der Waals surface area contributed by atoms with E-state index in [1.807, 2.05) is 42.7 Å². The van der Waals surface area contributed by atoms with Gasteiger partial charge in [-0.25, -0.2) is 15.0 Å². The van der Waals surface area contributed by atoms with Gasteiger partial charge in [0.1, 0.15) is 24.3 Å². The van der Waals surface area contributed by atoms with Crippen LogP contribution in [0.2, 0.25) is 0 Å². The number of ether oxygens (including phenoxy) is 2. The second-order valence-electron chi connectivity index (χ2n) is 6.69. The topological polar surface area (TPSA) is 103 Å². The van der Waals surface area contributed by atoms with E-state index in [1.54, 1.807) is 6.33 Å². The van der Waals surface area contributed by atoms with Gasteiger partial charge in [0.25, 0.3) is 0 Å². The normalized spacial score (nSPS) is 12.1. The van der Waals surface area contributed by atoms with Crippen molar-refractivity contribution in [3.8, 4) is 17.3 Å². The summed E-state index contributed by atoms with van der Waals surface area (Å²) in [6.45, 7) is 5.20. The predicted octanol–water partition coefficient (Wildman–Crippen LogP) is 1.78. The van der Waals surface area contributed by atoms with Crippen molar-refractivity contribution in [3.05, 3.63) is 53.9 Å². The van der Waals surface area contributed by atoms with Gasteiger partial charge in [-0.3, -0.25) is 9.36 Å². The first kappa shape index (κ1) is 18.7. The second kappa shape index (κ2) is 8.17. The van der Waals surface area contributed by atoms with Gasteiger partial charge in [-0.15, -0.1) is 0 Å². The summed E-state index contributed by atoms with van der Waals surface area (Å²) in [5.74, 6) is 2.76. The van der Waals surface area contributed by atoms with Crippen LogP contribution >= 0.6 is 0 Å². The highest BCUT2D eigenvalue weighted by atomic mass is 16.7. The van der Waals surface area contributed by atoms with E-state index in [4.69, 9.17) is 9.47 Å². The molecule has 150 valence electrons. The molecule has 3 aromatic rings. The second-order valence-corrected chi connectivity index (χ2v) is 6.69. The van der Waals surface area contributed by atoms with Crippen LogP contribution in [-0.2, 0) is 11.2 Å². The monoisotopic (exact) mass is 394 g/mol. The van der Waals surface area contributed by atoms with Gasteiger partial charge in [-0.1, -0.05) is 6.07 Å². The third-order valence-electron chi connectivity index (χ3n) is 4.71. The van der Waals surface area contributed by atoms with Gasteiger partial charge >= 0.3 is 0 Å². The van der Waals surface area contributed by atoms with E-state index in [0.717, 1.165) is 22.8 Å². The van der Waals surface area contributed by atoms with Crippen molar-refractivity contribution >= 4 is 11.7 Å². The first-order valence-electron chi connectivity index (χ1n) is 9.32. The molecule has 9 nitrogen and oxygen atoms in total. The van der Waals surface area contributed by atoms with E-state index in [2.05, 4.69) is 25.6 Å². The number of imidazole rings is 1. The Hall–Kier alpha value is -3.62. The standard InChI is InChI=1S/C20H22N6O3/c1-13-14(2)26(11-25-13)19-9-18(23-10-24-19)21-5-6-22-20(27)8-15-3-4-16-17(7-15)29-12-28-16/h3-4,7,9-11H,5-6,8,12H2,1-2H3,(H,22,27)(H,21,23,24). The van der Waals surface area contributed by atoms with E-state index in [-0.39, 0.29) is 19.1 Å². The lowest BCUT2D eigenvalue weighted by Gasteiger charge is -2.09. The first-order valence-corrected chi connectivity index (χ1v) is 9.32. The number of hydrogen-bond acceptors (Lipinski definition) is 7. The molecule has 4 rings (SSSR count). The molecule has 0 saturated carbocycles. The van der Waals surface area contributed by atoms with Crippen LogP contribution in [0.5, 0.6) is 11.5 Å². The minimum Gasteiger partial charge on any atom is -0.454 e. The van der Waals surface area contributed by atoms with E-state index < -0.39 is 0 Å². The molecule has 0 fully saturated rings. The Morgan fingerprint density at radius 2 is 1.97 bits per heavy atom. The summed E-state index contributed by atoms with van der Waals surface area (Å²) in [6.07, 6.45) is 3.53. The van der Waals surface area contributed by atoms with Gasteiger partial charge in [0.15, 0.2) is 11.5 Å². The third-order valence-corrected chi connectivity index (χ3v) is 4.71. The summed E-state index contributed by atoms with van der Waals surface area (Å²) in [7, 11) is 0. The SMILES string of the molecule is Cc1ncn(-c2cc(NCCNC(=O)Cc3ccc4c(c3)OCO4)ncn2)c1C. The lowest BCUT2D eigenvalue weighted by Crippen LogP contribution is -2.30. The van der Waals surface area contributed by atoms with Crippen LogP contribution < -0.4 is 20.1 Å². The Bertz CT molecular complexity index is 1030. The van der Waals surface area contributed by atoms with E-state index in [9.17, 15) is 4.79 Å². The van der Waals surface area contributed by atoms with Crippen molar-refractivity contribution in [2.75, 3.05) is 25.2 Å². The minimum absolute atomic E-state index is 0.0569. The summed E-state index contributed by atoms with van der Waals surface area (Å²) in [5.41, 5.74) is 2.87. The molecule has 0 radical (unpaired) electrons. The number of benzene rings is 1. The van der Waals surface area contributed by atoms with Crippen molar-refractivity contribution in [2.45, 2.75) is 20.3 Å². The zero-order valence-electron chi connectivity index (χ0n) is 16.3. The number of aromatic nitrogens is 4. The number of carbonyl (C=O) groups excluding carboxylic acids is 1. The molecule has 0 aliphatic carbocycles. The summed E-state index contributed by atoms with van der Waals surface area (Å²) in [6, 6.07) is 7.38. The highest BCUT2D eigenvalue weighted by Crippen LogP contribution is 2.32. The van der Waals surface area contributed by atoms with Crippen molar-refractivity contribution in [1.29, 1.82) is 0 Å². The molecule has 1 aromatic carbocycles. The molecule has 0 bridgehead atoms. The number of amides is 1. The van der Waals surface area contributed by atoms with Crippen molar-refractivity contribution < 1.29 is 14.3 Å². The van der Waals surface area contributed by atoms with Crippen LogP contribution in [0.1, 0.15) is 17.0 Å². The van der Waals surface area contributed by atoms with Crippen molar-refractivity contribution in [3.63, 3.8) is 0 Å². The lowest BCUT2D eigenvalue weighted by atomic mass is 10.1. The molecule has 29 heavy (non-hydrogen) atoms. The maximum Gasteiger partial charge on any atom is 0.231 e. The maximum atomic E-state index is 12.2. The molecule has 0 atom stereocenters. The number of carbonyl (C=O) groups is 1. The summed E-state index contributed by atoms with van der Waals surface area (Å²) >= 11 is 0. The van der Waals surface area contributed by atoms with Crippen LogP contribution in [0, 0.1) is 13.8 Å². The van der Waals surface area contributed by atoms with Gasteiger partial charge < -0.3 is 20.1 Å². The lowest BCUT2D eigenvalue weighted by molar-refractivity contribution is -0.120. The molecule has 0 unspecified atom stereocenters. The largest absolute Gasteiger partial charge is 0.454 e. The van der Waals surface area contributed by atoms with Gasteiger partial charge in [-0.05, 0) is 31.5 Å². The Labute approximate surface area is 168 Å². The van der Waals surface area contributed by atoms with Gasteiger partial charge in [-0.2, -0.15) is 0 Å². The number of rotatable bonds is 7. The third kappa shape index (κ3) is 4.29. The highest BCUT2D eigenvalue weighted by molar-refractivity contribution is 5.78. The van der Waals surface area contributed by atoms with Crippen LogP contribution in [0.4, 0.5) is 5.82 Å². The van der Waals surface area contributed by atoms with Gasteiger partial charge in [0.05, 0.1) is 12.1 Å². The van der Waals surface area contributed by atoms with Crippen LogP contribution in [-0.4, -0.2) is 45.3 Å². The summed E-state index contributed by atoms with van der Waals surface area (Å²) in [5, 5.41) is 6.09. The molecule has 0 spiro atoms. The van der Waals surface area contributed by atoms with Gasteiger partial charge in [0, 0.05) is 24.8 Å². The fraction of sp³-hybridized carbons (Fsp3) is 0.300. The molecule has 2 N–H and O–H groups in total. The number of fused-ring (bicyclic) bond motifs is 1. The zero-order valence-corrected chi connectivity index (χ0v) is 16.3. The Kier molecular flexibility index (Phi) is 5.28. The predicted molar refractivity (Wildman–Crippen MR) is 106 cm³/mol. The number of nitrogens with zero attached hydrogens (tertiary/aromatic N) is 4. The van der Waals surface area contributed by atoms with E-state index >= 15 is 0 Å². The fourth-order valence-electron chi connectivity index (χ4n) is 3.00. The molecule has 3 heterocycles. The number of nitrogens with one attached hydrogen (secondary N) is 2. The highest BCUT2D eigenvalue weighted by Gasteiger charge is 2.14.